The lowest BCUT2D eigenvalue weighted by Gasteiger charge is -2.25. The van der Waals surface area contributed by atoms with E-state index in [9.17, 15) is 19.7 Å². The second-order valence-corrected chi connectivity index (χ2v) is 12.6. The standard InChI is InChI=1S/C34H32BrN3O8S/c1-6-44-33(40)30-20(4)36-34-37(31(30)23-10-14-27(46-19(2)3)28(17-23)43-5)32(39)29(47-34)16-22-9-13-26(25(35)15-22)45-18-21-7-11-24(12-8-21)38(41)42/h7-17,19,31H,6,18H2,1-5H3/b29-16-/t31-/m1/s1. The van der Waals surface area contributed by atoms with Crippen LogP contribution in [0.5, 0.6) is 17.2 Å². The Morgan fingerprint density at radius 3 is 2.47 bits per heavy atom. The number of thiazole rings is 1. The molecule has 2 heterocycles. The van der Waals surface area contributed by atoms with Crippen LogP contribution in [0.15, 0.2) is 86.2 Å². The molecule has 0 amide bonds. The highest BCUT2D eigenvalue weighted by molar-refractivity contribution is 9.10. The topological polar surface area (TPSA) is 131 Å². The summed E-state index contributed by atoms with van der Waals surface area (Å²) < 4.78 is 25.4. The number of nitrogens with zero attached hydrogens (tertiary/aromatic N) is 3. The van der Waals surface area contributed by atoms with Crippen molar-refractivity contribution in [1.82, 2.24) is 4.57 Å². The molecule has 1 aliphatic rings. The van der Waals surface area contributed by atoms with Gasteiger partial charge in [0.1, 0.15) is 12.4 Å². The van der Waals surface area contributed by atoms with E-state index < -0.39 is 16.9 Å². The summed E-state index contributed by atoms with van der Waals surface area (Å²) in [7, 11) is 1.54. The van der Waals surface area contributed by atoms with Crippen LogP contribution < -0.4 is 29.1 Å². The molecule has 1 aliphatic heterocycles. The Balaban J connectivity index is 1.51. The minimum atomic E-state index is -0.809. The van der Waals surface area contributed by atoms with Crippen LogP contribution in [0.2, 0.25) is 0 Å². The number of ether oxygens (including phenoxy) is 4. The van der Waals surface area contributed by atoms with Crippen molar-refractivity contribution in [3.8, 4) is 17.2 Å². The van der Waals surface area contributed by atoms with Gasteiger partial charge in [0.2, 0.25) is 0 Å². The van der Waals surface area contributed by atoms with E-state index in [0.29, 0.717) is 42.3 Å². The van der Waals surface area contributed by atoms with Crippen molar-refractivity contribution >= 4 is 45.0 Å². The number of esters is 1. The maximum atomic E-state index is 14.1. The molecule has 1 aromatic heterocycles. The molecule has 0 bridgehead atoms. The molecule has 0 saturated carbocycles. The number of nitro benzene ring substituents is 1. The Morgan fingerprint density at radius 2 is 1.83 bits per heavy atom. The Morgan fingerprint density at radius 1 is 1.11 bits per heavy atom. The van der Waals surface area contributed by atoms with Crippen LogP contribution in [0.1, 0.15) is 50.4 Å². The second kappa shape index (κ2) is 14.3. The van der Waals surface area contributed by atoms with Gasteiger partial charge in [-0.05, 0) is 103 Å². The summed E-state index contributed by atoms with van der Waals surface area (Å²) >= 11 is 4.77. The number of benzene rings is 3. The van der Waals surface area contributed by atoms with E-state index >= 15 is 0 Å². The Bertz CT molecular complexity index is 2050. The normalized spacial score (nSPS) is 14.4. The third-order valence-corrected chi connectivity index (χ3v) is 8.78. The summed E-state index contributed by atoms with van der Waals surface area (Å²) in [5, 5.41) is 10.9. The van der Waals surface area contributed by atoms with Crippen molar-refractivity contribution in [2.75, 3.05) is 13.7 Å². The number of carbonyl (C=O) groups is 1. The van der Waals surface area contributed by atoms with Crippen LogP contribution in [0.3, 0.4) is 0 Å². The molecule has 0 spiro atoms. The summed E-state index contributed by atoms with van der Waals surface area (Å²) in [6, 6.07) is 16.1. The first-order valence-corrected chi connectivity index (χ1v) is 16.3. The van der Waals surface area contributed by atoms with Crippen molar-refractivity contribution < 1.29 is 28.7 Å². The fraction of sp³-hybridized carbons (Fsp3) is 0.265. The highest BCUT2D eigenvalue weighted by Crippen LogP contribution is 2.36. The summed E-state index contributed by atoms with van der Waals surface area (Å²) in [4.78, 5) is 42.9. The van der Waals surface area contributed by atoms with Crippen LogP contribution in [-0.4, -0.2) is 35.3 Å². The van der Waals surface area contributed by atoms with Crippen LogP contribution >= 0.6 is 27.3 Å². The molecule has 13 heteroatoms. The number of rotatable bonds is 11. The Hall–Kier alpha value is -4.75. The minimum absolute atomic E-state index is 0.0111. The van der Waals surface area contributed by atoms with Crippen molar-refractivity contribution in [1.29, 1.82) is 0 Å². The molecule has 244 valence electrons. The third kappa shape index (κ3) is 7.31. The van der Waals surface area contributed by atoms with E-state index in [2.05, 4.69) is 20.9 Å². The first kappa shape index (κ1) is 33.6. The lowest BCUT2D eigenvalue weighted by molar-refractivity contribution is -0.384. The van der Waals surface area contributed by atoms with Crippen LogP contribution in [0.25, 0.3) is 6.08 Å². The second-order valence-electron chi connectivity index (χ2n) is 10.8. The Labute approximate surface area is 282 Å². The maximum absolute atomic E-state index is 14.1. The molecular formula is C34H32BrN3O8S. The van der Waals surface area contributed by atoms with Gasteiger partial charge in [0.25, 0.3) is 11.2 Å². The van der Waals surface area contributed by atoms with Gasteiger partial charge in [0, 0.05) is 12.1 Å². The molecule has 4 aromatic rings. The average molecular weight is 723 g/mol. The Kier molecular flexibility index (Phi) is 10.3. The lowest BCUT2D eigenvalue weighted by Crippen LogP contribution is -2.40. The number of allylic oxidation sites excluding steroid dienone is 1. The SMILES string of the molecule is CCOC(=O)C1=C(C)N=c2s/c(=C\c3ccc(OCc4ccc([N+](=O)[O-])cc4)c(Br)c3)c(=O)n2[C@@H]1c1ccc(OC(C)C)c(OC)c1. The minimum Gasteiger partial charge on any atom is -0.493 e. The molecule has 5 rings (SSSR count). The van der Waals surface area contributed by atoms with Gasteiger partial charge in [-0.15, -0.1) is 0 Å². The number of halogens is 1. The number of hydrogen-bond donors (Lipinski definition) is 0. The van der Waals surface area contributed by atoms with Crippen LogP contribution in [-0.2, 0) is 16.1 Å². The number of carbonyl (C=O) groups excluding carboxylic acids is 1. The number of methoxy groups -OCH3 is 1. The zero-order valence-electron chi connectivity index (χ0n) is 26.3. The maximum Gasteiger partial charge on any atom is 0.338 e. The fourth-order valence-electron chi connectivity index (χ4n) is 5.06. The fourth-order valence-corrected chi connectivity index (χ4v) is 6.62. The van der Waals surface area contributed by atoms with Gasteiger partial charge >= 0.3 is 5.97 Å². The van der Waals surface area contributed by atoms with Gasteiger partial charge in [0.05, 0.1) is 51.1 Å². The van der Waals surface area contributed by atoms with Crippen molar-refractivity contribution in [3.05, 3.63) is 123 Å². The van der Waals surface area contributed by atoms with Gasteiger partial charge < -0.3 is 18.9 Å². The van der Waals surface area contributed by atoms with Crippen LogP contribution in [0, 0.1) is 10.1 Å². The summed E-state index contributed by atoms with van der Waals surface area (Å²) in [6.07, 6.45) is 1.68. The van der Waals surface area contributed by atoms with E-state index in [1.54, 1.807) is 50.3 Å². The highest BCUT2D eigenvalue weighted by Gasteiger charge is 2.34. The molecule has 0 fully saturated rings. The molecule has 0 unspecified atom stereocenters. The van der Waals surface area contributed by atoms with Crippen molar-refractivity contribution in [2.45, 2.75) is 46.4 Å². The zero-order valence-corrected chi connectivity index (χ0v) is 28.7. The number of nitro groups is 1. The number of fused-ring (bicyclic) bond motifs is 1. The first-order valence-electron chi connectivity index (χ1n) is 14.7. The molecule has 0 N–H and O–H groups in total. The smallest absolute Gasteiger partial charge is 0.338 e. The molecule has 0 aliphatic carbocycles. The third-order valence-electron chi connectivity index (χ3n) is 7.18. The molecule has 0 radical (unpaired) electrons. The summed E-state index contributed by atoms with van der Waals surface area (Å²) in [6.45, 7) is 7.67. The number of non-ortho nitro benzene ring substituents is 1. The van der Waals surface area contributed by atoms with Gasteiger partial charge in [-0.1, -0.05) is 23.5 Å². The van der Waals surface area contributed by atoms with E-state index in [4.69, 9.17) is 18.9 Å². The number of hydrogen-bond acceptors (Lipinski definition) is 10. The predicted molar refractivity (Wildman–Crippen MR) is 181 cm³/mol. The quantitative estimate of drug-likeness (QED) is 0.107. The van der Waals surface area contributed by atoms with E-state index in [0.717, 1.165) is 11.1 Å². The van der Waals surface area contributed by atoms with Crippen molar-refractivity contribution in [3.63, 3.8) is 0 Å². The molecule has 47 heavy (non-hydrogen) atoms. The van der Waals surface area contributed by atoms with Gasteiger partial charge in [-0.3, -0.25) is 19.5 Å². The molecule has 11 nitrogen and oxygen atoms in total. The summed E-state index contributed by atoms with van der Waals surface area (Å²) in [5.74, 6) is 1.03. The van der Waals surface area contributed by atoms with Crippen molar-refractivity contribution in [2.24, 2.45) is 4.99 Å². The highest BCUT2D eigenvalue weighted by atomic mass is 79.9. The molecule has 0 saturated heterocycles. The van der Waals surface area contributed by atoms with Gasteiger partial charge in [0.15, 0.2) is 16.3 Å². The van der Waals surface area contributed by atoms with Gasteiger partial charge in [-0.25, -0.2) is 9.79 Å². The van der Waals surface area contributed by atoms with E-state index in [1.165, 1.54) is 35.1 Å². The monoisotopic (exact) mass is 721 g/mol. The lowest BCUT2D eigenvalue weighted by atomic mass is 9.95. The molecular weight excluding hydrogens is 690 g/mol. The van der Waals surface area contributed by atoms with E-state index in [1.807, 2.05) is 32.0 Å². The van der Waals surface area contributed by atoms with Crippen LogP contribution in [0.4, 0.5) is 5.69 Å². The molecule has 1 atom stereocenters. The van der Waals surface area contributed by atoms with E-state index in [-0.39, 0.29) is 36.1 Å². The number of aromatic nitrogens is 1. The predicted octanol–water partition coefficient (Wildman–Crippen LogP) is 5.84. The largest absolute Gasteiger partial charge is 0.493 e. The summed E-state index contributed by atoms with van der Waals surface area (Å²) in [5.41, 5.74) is 2.57. The zero-order chi connectivity index (χ0) is 33.8. The molecule has 3 aromatic carbocycles. The first-order chi connectivity index (χ1) is 22.5. The average Bonchev–Trinajstić information content (AvgIpc) is 3.33. The van der Waals surface area contributed by atoms with Gasteiger partial charge in [-0.2, -0.15) is 0 Å².